The molecule has 0 amide bonds. The fourth-order valence-electron chi connectivity index (χ4n) is 1.31. The molecule has 0 radical (unpaired) electrons. The summed E-state index contributed by atoms with van der Waals surface area (Å²) in [7, 11) is 2.05. The van der Waals surface area contributed by atoms with Gasteiger partial charge in [-0.25, -0.2) is 4.98 Å². The van der Waals surface area contributed by atoms with E-state index in [4.69, 9.17) is 0 Å². The summed E-state index contributed by atoms with van der Waals surface area (Å²) >= 11 is 0. The number of hydrogen-bond donors (Lipinski definition) is 0. The average molecular weight is 161 g/mol. The summed E-state index contributed by atoms with van der Waals surface area (Å²) in [4.78, 5) is 6.14. The van der Waals surface area contributed by atoms with E-state index in [-0.39, 0.29) is 6.17 Å². The molecule has 1 aromatic heterocycles. The van der Waals surface area contributed by atoms with Gasteiger partial charge in [0.25, 0.3) is 0 Å². The zero-order valence-electron chi connectivity index (χ0n) is 6.96. The molecule has 0 aromatic carbocycles. The standard InChI is InChI=1S/C9H11N3/c1-11-6-3-2-4-9(11)12-7-5-10-8-12/h2-9H,1H3. The lowest BCUT2D eigenvalue weighted by atomic mass is 10.3. The lowest BCUT2D eigenvalue weighted by Crippen LogP contribution is -2.23. The normalized spacial score (nSPS) is 21.8. The highest BCUT2D eigenvalue weighted by Crippen LogP contribution is 2.15. The number of imidazole rings is 1. The van der Waals surface area contributed by atoms with Crippen LogP contribution in [0.3, 0.4) is 0 Å². The SMILES string of the molecule is CN1C=CC=CC1n1ccnc1. The molecule has 62 valence electrons. The summed E-state index contributed by atoms with van der Waals surface area (Å²) in [6, 6.07) is 0. The van der Waals surface area contributed by atoms with Gasteiger partial charge in [0.15, 0.2) is 0 Å². The first-order valence-corrected chi connectivity index (χ1v) is 3.92. The van der Waals surface area contributed by atoms with Crippen LogP contribution in [0.4, 0.5) is 0 Å². The van der Waals surface area contributed by atoms with E-state index < -0.39 is 0 Å². The molecule has 2 heterocycles. The van der Waals surface area contributed by atoms with Crippen molar-refractivity contribution in [2.24, 2.45) is 0 Å². The van der Waals surface area contributed by atoms with Crippen LogP contribution in [0.15, 0.2) is 43.1 Å². The van der Waals surface area contributed by atoms with Gasteiger partial charge >= 0.3 is 0 Å². The molecule has 0 saturated carbocycles. The Morgan fingerprint density at radius 3 is 2.92 bits per heavy atom. The van der Waals surface area contributed by atoms with E-state index in [2.05, 4.69) is 20.5 Å². The fraction of sp³-hybridized carbons (Fsp3) is 0.222. The van der Waals surface area contributed by atoms with Crippen LogP contribution in [-0.2, 0) is 0 Å². The monoisotopic (exact) mass is 161 g/mol. The predicted octanol–water partition coefficient (Wildman–Crippen LogP) is 1.40. The largest absolute Gasteiger partial charge is 0.357 e. The quantitative estimate of drug-likeness (QED) is 0.620. The second-order valence-corrected chi connectivity index (χ2v) is 2.82. The number of hydrogen-bond acceptors (Lipinski definition) is 2. The minimum atomic E-state index is 0.275. The van der Waals surface area contributed by atoms with Crippen molar-refractivity contribution in [3.63, 3.8) is 0 Å². The first-order chi connectivity index (χ1) is 5.88. The molecule has 0 bridgehead atoms. The first kappa shape index (κ1) is 7.16. The molecule has 0 fully saturated rings. The van der Waals surface area contributed by atoms with Crippen molar-refractivity contribution >= 4 is 0 Å². The van der Waals surface area contributed by atoms with Crippen LogP contribution in [-0.4, -0.2) is 21.5 Å². The number of rotatable bonds is 1. The van der Waals surface area contributed by atoms with E-state index in [9.17, 15) is 0 Å². The summed E-state index contributed by atoms with van der Waals surface area (Å²) < 4.78 is 2.06. The summed E-state index contributed by atoms with van der Waals surface area (Å²) in [5.74, 6) is 0. The summed E-state index contributed by atoms with van der Waals surface area (Å²) in [5, 5.41) is 0. The van der Waals surface area contributed by atoms with Crippen LogP contribution in [0.25, 0.3) is 0 Å². The van der Waals surface area contributed by atoms with Crippen LogP contribution in [0.5, 0.6) is 0 Å². The maximum absolute atomic E-state index is 4.01. The molecule has 1 aliphatic rings. The Kier molecular flexibility index (Phi) is 1.70. The van der Waals surface area contributed by atoms with Gasteiger partial charge in [0.05, 0.1) is 6.33 Å². The third-order valence-electron chi connectivity index (χ3n) is 1.96. The van der Waals surface area contributed by atoms with Gasteiger partial charge in [0.2, 0.25) is 0 Å². The van der Waals surface area contributed by atoms with Crippen molar-refractivity contribution in [3.8, 4) is 0 Å². The molecule has 1 aliphatic heterocycles. The highest BCUT2D eigenvalue weighted by atomic mass is 15.3. The lowest BCUT2D eigenvalue weighted by Gasteiger charge is -2.26. The number of aromatic nitrogens is 2. The molecule has 12 heavy (non-hydrogen) atoms. The van der Waals surface area contributed by atoms with Crippen molar-refractivity contribution in [2.75, 3.05) is 7.05 Å². The number of allylic oxidation sites excluding steroid dienone is 2. The lowest BCUT2D eigenvalue weighted by molar-refractivity contribution is 0.299. The smallest absolute Gasteiger partial charge is 0.125 e. The summed E-state index contributed by atoms with van der Waals surface area (Å²) in [6.45, 7) is 0. The van der Waals surface area contributed by atoms with Crippen molar-refractivity contribution in [3.05, 3.63) is 43.1 Å². The second-order valence-electron chi connectivity index (χ2n) is 2.82. The van der Waals surface area contributed by atoms with Crippen LogP contribution in [0.1, 0.15) is 6.17 Å². The highest BCUT2D eigenvalue weighted by molar-refractivity contribution is 5.11. The van der Waals surface area contributed by atoms with Gasteiger partial charge in [-0.3, -0.25) is 0 Å². The molecular formula is C9H11N3. The van der Waals surface area contributed by atoms with Crippen LogP contribution in [0.2, 0.25) is 0 Å². The van der Waals surface area contributed by atoms with Crippen molar-refractivity contribution in [2.45, 2.75) is 6.17 Å². The molecule has 0 N–H and O–H groups in total. The van der Waals surface area contributed by atoms with Crippen molar-refractivity contribution in [1.29, 1.82) is 0 Å². The third-order valence-corrected chi connectivity index (χ3v) is 1.96. The molecule has 3 heteroatoms. The van der Waals surface area contributed by atoms with E-state index in [1.165, 1.54) is 0 Å². The second kappa shape index (κ2) is 2.85. The van der Waals surface area contributed by atoms with E-state index in [0.29, 0.717) is 0 Å². The van der Waals surface area contributed by atoms with Crippen LogP contribution < -0.4 is 0 Å². The highest BCUT2D eigenvalue weighted by Gasteiger charge is 2.10. The Bertz CT molecular complexity index is 298. The fourth-order valence-corrected chi connectivity index (χ4v) is 1.31. The Labute approximate surface area is 71.6 Å². The Morgan fingerprint density at radius 2 is 2.25 bits per heavy atom. The number of likely N-dealkylation sites (N-methyl/N-ethyl adjacent to an activating group) is 1. The van der Waals surface area contributed by atoms with Gasteiger partial charge in [0, 0.05) is 25.6 Å². The third kappa shape index (κ3) is 1.13. The summed E-state index contributed by atoms with van der Waals surface area (Å²) in [6.07, 6.45) is 14.1. The Morgan fingerprint density at radius 1 is 1.33 bits per heavy atom. The van der Waals surface area contributed by atoms with Gasteiger partial charge in [-0.05, 0) is 12.2 Å². The maximum Gasteiger partial charge on any atom is 0.125 e. The van der Waals surface area contributed by atoms with E-state index >= 15 is 0 Å². The topological polar surface area (TPSA) is 21.1 Å². The minimum absolute atomic E-state index is 0.275. The van der Waals surface area contributed by atoms with Gasteiger partial charge in [-0.15, -0.1) is 0 Å². The van der Waals surface area contributed by atoms with Crippen LogP contribution in [0, 0.1) is 0 Å². The van der Waals surface area contributed by atoms with Crippen LogP contribution >= 0.6 is 0 Å². The van der Waals surface area contributed by atoms with E-state index in [1.54, 1.807) is 6.20 Å². The zero-order valence-corrected chi connectivity index (χ0v) is 6.96. The molecule has 1 aromatic rings. The molecule has 1 unspecified atom stereocenters. The molecule has 0 aliphatic carbocycles. The zero-order chi connectivity index (χ0) is 8.39. The van der Waals surface area contributed by atoms with Gasteiger partial charge in [0.1, 0.15) is 6.17 Å². The van der Waals surface area contributed by atoms with Gasteiger partial charge in [-0.1, -0.05) is 6.08 Å². The average Bonchev–Trinajstić information content (AvgIpc) is 2.57. The molecular weight excluding hydrogens is 150 g/mol. The molecule has 0 spiro atoms. The molecule has 2 rings (SSSR count). The Hall–Kier alpha value is -1.51. The molecule has 1 atom stereocenters. The predicted molar refractivity (Wildman–Crippen MR) is 47.3 cm³/mol. The molecule has 0 saturated heterocycles. The molecule has 3 nitrogen and oxygen atoms in total. The Balaban J connectivity index is 2.25. The van der Waals surface area contributed by atoms with Gasteiger partial charge in [-0.2, -0.15) is 0 Å². The minimum Gasteiger partial charge on any atom is -0.357 e. The van der Waals surface area contributed by atoms with E-state index in [0.717, 1.165) is 0 Å². The van der Waals surface area contributed by atoms with Crippen molar-refractivity contribution in [1.82, 2.24) is 14.5 Å². The van der Waals surface area contributed by atoms with E-state index in [1.807, 2.05) is 37.9 Å². The maximum atomic E-state index is 4.01. The first-order valence-electron chi connectivity index (χ1n) is 3.92. The summed E-state index contributed by atoms with van der Waals surface area (Å²) in [5.41, 5.74) is 0. The van der Waals surface area contributed by atoms with Gasteiger partial charge < -0.3 is 9.47 Å². The number of nitrogens with zero attached hydrogens (tertiary/aromatic N) is 3. The van der Waals surface area contributed by atoms with Crippen molar-refractivity contribution < 1.29 is 0 Å².